The minimum atomic E-state index is -0.446. The first-order valence-electron chi connectivity index (χ1n) is 12.4. The Labute approximate surface area is 213 Å². The van der Waals surface area contributed by atoms with Crippen LogP contribution < -0.4 is 10.6 Å². The molecule has 6 rings (SSSR count). The third-order valence-electron chi connectivity index (χ3n) is 6.89. The molecule has 10 nitrogen and oxygen atoms in total. The number of aromatic nitrogens is 4. The molecule has 188 valence electrons. The molecule has 2 fully saturated rings. The molecule has 2 saturated heterocycles. The van der Waals surface area contributed by atoms with Crippen LogP contribution in [0.25, 0.3) is 32.5 Å². The number of rotatable bonds is 5. The number of aromatic amines is 1. The number of piperazine rings is 1. The van der Waals surface area contributed by atoms with Crippen LogP contribution in [-0.2, 0) is 16.1 Å². The Bertz CT molecular complexity index is 1390. The summed E-state index contributed by atoms with van der Waals surface area (Å²) in [4.78, 5) is 30.2. The smallest absolute Gasteiger partial charge is 0.239 e. The highest BCUT2D eigenvalue weighted by atomic mass is 32.1. The molecule has 0 bridgehead atoms. The van der Waals surface area contributed by atoms with Crippen LogP contribution in [0, 0.1) is 0 Å². The van der Waals surface area contributed by atoms with Crippen LogP contribution >= 0.6 is 11.3 Å². The summed E-state index contributed by atoms with van der Waals surface area (Å²) in [7, 11) is 0. The van der Waals surface area contributed by atoms with E-state index in [1.54, 1.807) is 18.3 Å². The molecule has 2 aliphatic heterocycles. The second-order valence-electron chi connectivity index (χ2n) is 9.42. The number of amides is 1. The van der Waals surface area contributed by atoms with Gasteiger partial charge in [0, 0.05) is 61.6 Å². The van der Waals surface area contributed by atoms with E-state index >= 15 is 0 Å². The topological polar surface area (TPSA) is 116 Å². The zero-order valence-electron chi connectivity index (χ0n) is 20.3. The summed E-state index contributed by atoms with van der Waals surface area (Å²) in [6.45, 7) is 8.68. The van der Waals surface area contributed by atoms with Crippen molar-refractivity contribution in [1.29, 1.82) is 0 Å². The maximum Gasteiger partial charge on any atom is 0.239 e. The van der Waals surface area contributed by atoms with Gasteiger partial charge in [-0.15, -0.1) is 11.3 Å². The molecular weight excluding hydrogens is 476 g/mol. The van der Waals surface area contributed by atoms with Gasteiger partial charge in [0.15, 0.2) is 11.6 Å². The lowest BCUT2D eigenvalue weighted by molar-refractivity contribution is -0.134. The molecule has 3 N–H and O–H groups in total. The molecule has 36 heavy (non-hydrogen) atoms. The van der Waals surface area contributed by atoms with E-state index in [4.69, 9.17) is 20.4 Å². The number of hydrogen-bond acceptors (Lipinski definition) is 9. The highest BCUT2D eigenvalue weighted by Crippen LogP contribution is 2.36. The van der Waals surface area contributed by atoms with Gasteiger partial charge in [0.1, 0.15) is 0 Å². The Kier molecular flexibility index (Phi) is 6.30. The average molecular weight is 507 g/mol. The monoisotopic (exact) mass is 506 g/mol. The van der Waals surface area contributed by atoms with E-state index in [0.29, 0.717) is 32.1 Å². The Balaban J connectivity index is 1.32. The van der Waals surface area contributed by atoms with Gasteiger partial charge in [-0.2, -0.15) is 5.10 Å². The van der Waals surface area contributed by atoms with Crippen LogP contribution in [0.1, 0.15) is 11.8 Å². The van der Waals surface area contributed by atoms with Gasteiger partial charge in [0.25, 0.3) is 0 Å². The number of nitrogens with one attached hydrogen (secondary N) is 1. The maximum atomic E-state index is 12.2. The van der Waals surface area contributed by atoms with Crippen molar-refractivity contribution in [2.75, 3.05) is 57.4 Å². The standard InChI is InChI=1S/C25H30N8O2S/c1-16(26)25(34)33-7-5-31(6-8-33)15-17-13-21-22(36-17)24(32-9-11-35-12-10-32)29-23(28-21)18-3-2-4-20-19(18)14-27-30-20/h2-4,13-14,16H,5-12,15,26H2,1H3,(H,27,30)/t16-/m0/s1. The number of ether oxygens (including phenoxy) is 1. The molecule has 0 saturated carbocycles. The van der Waals surface area contributed by atoms with E-state index in [9.17, 15) is 4.79 Å². The van der Waals surface area contributed by atoms with E-state index in [2.05, 4.69) is 32.1 Å². The fourth-order valence-corrected chi connectivity index (χ4v) is 6.11. The van der Waals surface area contributed by atoms with Crippen molar-refractivity contribution < 1.29 is 9.53 Å². The van der Waals surface area contributed by atoms with E-state index in [1.165, 1.54) is 4.88 Å². The number of nitrogens with zero attached hydrogens (tertiary/aromatic N) is 6. The minimum absolute atomic E-state index is 0.0297. The Morgan fingerprint density at radius 3 is 2.75 bits per heavy atom. The highest BCUT2D eigenvalue weighted by Gasteiger charge is 2.25. The largest absolute Gasteiger partial charge is 0.378 e. The van der Waals surface area contributed by atoms with Crippen molar-refractivity contribution in [3.8, 4) is 11.4 Å². The molecule has 4 aromatic rings. The first-order chi connectivity index (χ1) is 17.6. The van der Waals surface area contributed by atoms with Gasteiger partial charge in [0.2, 0.25) is 5.91 Å². The van der Waals surface area contributed by atoms with Gasteiger partial charge in [-0.3, -0.25) is 14.8 Å². The molecule has 0 aliphatic carbocycles. The molecule has 3 aromatic heterocycles. The Morgan fingerprint density at radius 1 is 1.17 bits per heavy atom. The second kappa shape index (κ2) is 9.74. The molecular formula is C25H30N8O2S. The fourth-order valence-electron chi connectivity index (χ4n) is 4.95. The third-order valence-corrected chi connectivity index (χ3v) is 8.00. The first-order valence-corrected chi connectivity index (χ1v) is 13.2. The number of thiophene rings is 1. The predicted molar refractivity (Wildman–Crippen MR) is 141 cm³/mol. The molecule has 0 unspecified atom stereocenters. The van der Waals surface area contributed by atoms with Crippen LogP contribution in [0.2, 0.25) is 0 Å². The van der Waals surface area contributed by atoms with Crippen molar-refractivity contribution in [3.05, 3.63) is 35.3 Å². The summed E-state index contributed by atoms with van der Waals surface area (Å²) >= 11 is 1.76. The van der Waals surface area contributed by atoms with Gasteiger partial charge < -0.3 is 20.3 Å². The van der Waals surface area contributed by atoms with Crippen LogP contribution in [0.5, 0.6) is 0 Å². The number of carbonyl (C=O) groups is 1. The number of morpholine rings is 1. The van der Waals surface area contributed by atoms with Crippen molar-refractivity contribution in [3.63, 3.8) is 0 Å². The van der Waals surface area contributed by atoms with Crippen molar-refractivity contribution in [2.24, 2.45) is 5.73 Å². The number of carbonyl (C=O) groups excluding carboxylic acids is 1. The zero-order valence-corrected chi connectivity index (χ0v) is 21.1. The van der Waals surface area contributed by atoms with E-state index in [0.717, 1.165) is 65.2 Å². The summed E-state index contributed by atoms with van der Waals surface area (Å²) in [5.41, 5.74) is 8.70. The first kappa shape index (κ1) is 23.3. The quantitative estimate of drug-likeness (QED) is 0.423. The summed E-state index contributed by atoms with van der Waals surface area (Å²) in [5, 5.41) is 8.27. The molecule has 2 aliphatic rings. The summed E-state index contributed by atoms with van der Waals surface area (Å²) in [5.74, 6) is 1.72. The van der Waals surface area contributed by atoms with Gasteiger partial charge in [-0.25, -0.2) is 9.97 Å². The lowest BCUT2D eigenvalue weighted by Gasteiger charge is -2.35. The van der Waals surface area contributed by atoms with Gasteiger partial charge in [0.05, 0.1) is 41.2 Å². The lowest BCUT2D eigenvalue weighted by Crippen LogP contribution is -2.52. The Morgan fingerprint density at radius 2 is 1.97 bits per heavy atom. The van der Waals surface area contributed by atoms with E-state index in [1.807, 2.05) is 23.2 Å². The molecule has 1 amide bonds. The van der Waals surface area contributed by atoms with E-state index in [-0.39, 0.29) is 5.91 Å². The average Bonchev–Trinajstić information content (AvgIpc) is 3.55. The highest BCUT2D eigenvalue weighted by molar-refractivity contribution is 7.19. The molecule has 0 radical (unpaired) electrons. The maximum absolute atomic E-state index is 12.2. The van der Waals surface area contributed by atoms with Gasteiger partial charge in [-0.05, 0) is 19.1 Å². The summed E-state index contributed by atoms with van der Waals surface area (Å²) in [6, 6.07) is 7.82. The number of anilines is 1. The van der Waals surface area contributed by atoms with E-state index < -0.39 is 6.04 Å². The normalized spacial score (nSPS) is 18.3. The second-order valence-corrected chi connectivity index (χ2v) is 10.6. The number of fused-ring (bicyclic) bond motifs is 2. The summed E-state index contributed by atoms with van der Waals surface area (Å²) < 4.78 is 6.72. The summed E-state index contributed by atoms with van der Waals surface area (Å²) in [6.07, 6.45) is 1.83. The minimum Gasteiger partial charge on any atom is -0.378 e. The predicted octanol–water partition coefficient (Wildman–Crippen LogP) is 2.06. The van der Waals surface area contributed by atoms with Crippen LogP contribution in [0.15, 0.2) is 30.5 Å². The van der Waals surface area contributed by atoms with Crippen LogP contribution in [-0.4, -0.2) is 94.4 Å². The number of H-pyrrole nitrogens is 1. The van der Waals surface area contributed by atoms with Crippen molar-refractivity contribution >= 4 is 44.2 Å². The van der Waals surface area contributed by atoms with Crippen LogP contribution in [0.4, 0.5) is 5.82 Å². The lowest BCUT2D eigenvalue weighted by atomic mass is 10.1. The number of nitrogens with two attached hydrogens (primary N) is 1. The SMILES string of the molecule is C[C@H](N)C(=O)N1CCN(Cc2cc3nc(-c4cccc5[nH]ncc45)nc(N4CCOCC4)c3s2)CC1. The fraction of sp³-hybridized carbons (Fsp3) is 0.440. The zero-order chi connectivity index (χ0) is 24.6. The number of hydrogen-bond donors (Lipinski definition) is 2. The molecule has 0 spiro atoms. The van der Waals surface area contributed by atoms with Crippen molar-refractivity contribution in [2.45, 2.75) is 19.5 Å². The molecule has 1 atom stereocenters. The third kappa shape index (κ3) is 4.43. The molecule has 5 heterocycles. The number of benzene rings is 1. The van der Waals surface area contributed by atoms with Crippen LogP contribution in [0.3, 0.4) is 0 Å². The van der Waals surface area contributed by atoms with Gasteiger partial charge in [-0.1, -0.05) is 12.1 Å². The van der Waals surface area contributed by atoms with Crippen molar-refractivity contribution in [1.82, 2.24) is 30.0 Å². The van der Waals surface area contributed by atoms with Gasteiger partial charge >= 0.3 is 0 Å². The molecule has 11 heteroatoms. The molecule has 1 aromatic carbocycles. The Hall–Kier alpha value is -3.12.